The van der Waals surface area contributed by atoms with Crippen LogP contribution in [0.3, 0.4) is 0 Å². The lowest BCUT2D eigenvalue weighted by Crippen LogP contribution is -2.23. The molecule has 2 rings (SSSR count). The highest BCUT2D eigenvalue weighted by Gasteiger charge is 2.07. The normalized spacial score (nSPS) is 9.70. The number of nitrogens with two attached hydrogens (primary N) is 1. The van der Waals surface area contributed by atoms with Crippen molar-refractivity contribution in [1.82, 2.24) is 15.3 Å². The molecule has 0 bridgehead atoms. The summed E-state index contributed by atoms with van der Waals surface area (Å²) in [6, 6.07) is 5.52. The van der Waals surface area contributed by atoms with Gasteiger partial charge in [-0.25, -0.2) is 4.98 Å². The van der Waals surface area contributed by atoms with E-state index in [9.17, 15) is 4.79 Å². The van der Waals surface area contributed by atoms with Crippen molar-refractivity contribution in [2.75, 3.05) is 6.54 Å². The smallest absolute Gasteiger partial charge is 0.251 e. The van der Waals surface area contributed by atoms with Crippen LogP contribution in [0, 0.1) is 18.8 Å². The fraction of sp³-hybridized carbons (Fsp3) is 0.200. The van der Waals surface area contributed by atoms with E-state index >= 15 is 0 Å². The molecule has 1 aromatic heterocycles. The van der Waals surface area contributed by atoms with E-state index < -0.39 is 0 Å². The van der Waals surface area contributed by atoms with E-state index in [0.29, 0.717) is 18.7 Å². The summed E-state index contributed by atoms with van der Waals surface area (Å²) in [4.78, 5) is 18.9. The first-order valence-corrected chi connectivity index (χ1v) is 6.25. The van der Waals surface area contributed by atoms with Crippen LogP contribution in [0.25, 0.3) is 0 Å². The predicted octanol–water partition coefficient (Wildman–Crippen LogP) is 0.958. The molecule has 0 unspecified atom stereocenters. The number of nitrogens with zero attached hydrogens (tertiary/aromatic N) is 1. The van der Waals surface area contributed by atoms with Gasteiger partial charge in [0.05, 0.1) is 25.1 Å². The molecule has 0 spiro atoms. The van der Waals surface area contributed by atoms with Crippen LogP contribution in [0.2, 0.25) is 0 Å². The number of hydrogen-bond acceptors (Lipinski definition) is 3. The Balaban J connectivity index is 2.10. The Morgan fingerprint density at radius 2 is 2.30 bits per heavy atom. The quantitative estimate of drug-likeness (QED) is 0.725. The first kappa shape index (κ1) is 13.8. The molecule has 0 atom stereocenters. The summed E-state index contributed by atoms with van der Waals surface area (Å²) in [5.74, 6) is 5.58. The van der Waals surface area contributed by atoms with E-state index in [1.54, 1.807) is 18.6 Å². The number of H-pyrrole nitrogens is 1. The minimum Gasteiger partial charge on any atom is -0.347 e. The van der Waals surface area contributed by atoms with E-state index in [1.165, 1.54) is 0 Å². The van der Waals surface area contributed by atoms with Crippen molar-refractivity contribution in [3.8, 4) is 11.8 Å². The van der Waals surface area contributed by atoms with Gasteiger partial charge in [0.15, 0.2) is 0 Å². The fourth-order valence-corrected chi connectivity index (χ4v) is 1.80. The molecule has 102 valence electrons. The van der Waals surface area contributed by atoms with Crippen LogP contribution in [-0.4, -0.2) is 22.4 Å². The Bertz CT molecular complexity index is 650. The number of benzene rings is 1. The number of imidazole rings is 1. The van der Waals surface area contributed by atoms with Crippen molar-refractivity contribution in [2.45, 2.75) is 13.5 Å². The maximum Gasteiger partial charge on any atom is 0.251 e. The van der Waals surface area contributed by atoms with E-state index in [0.717, 1.165) is 16.8 Å². The number of rotatable bonds is 3. The first-order chi connectivity index (χ1) is 9.69. The molecule has 2 aromatic rings. The maximum atomic E-state index is 12.1. The minimum atomic E-state index is -0.140. The summed E-state index contributed by atoms with van der Waals surface area (Å²) in [6.45, 7) is 2.64. The van der Waals surface area contributed by atoms with Gasteiger partial charge in [-0.1, -0.05) is 11.8 Å². The van der Waals surface area contributed by atoms with Crippen molar-refractivity contribution in [3.63, 3.8) is 0 Å². The molecule has 1 amide bonds. The summed E-state index contributed by atoms with van der Waals surface area (Å²) >= 11 is 0. The van der Waals surface area contributed by atoms with Crippen LogP contribution in [0.4, 0.5) is 0 Å². The van der Waals surface area contributed by atoms with E-state index in [-0.39, 0.29) is 5.91 Å². The van der Waals surface area contributed by atoms with Crippen LogP contribution >= 0.6 is 0 Å². The summed E-state index contributed by atoms with van der Waals surface area (Å²) < 4.78 is 0. The Hall–Kier alpha value is -2.58. The molecule has 5 nitrogen and oxygen atoms in total. The zero-order valence-electron chi connectivity index (χ0n) is 11.2. The molecule has 4 N–H and O–H groups in total. The average Bonchev–Trinajstić information content (AvgIpc) is 2.95. The van der Waals surface area contributed by atoms with Gasteiger partial charge >= 0.3 is 0 Å². The van der Waals surface area contributed by atoms with Crippen molar-refractivity contribution in [3.05, 3.63) is 53.1 Å². The minimum absolute atomic E-state index is 0.140. The van der Waals surface area contributed by atoms with E-state index in [2.05, 4.69) is 27.1 Å². The molecule has 0 radical (unpaired) electrons. The second-order valence-electron chi connectivity index (χ2n) is 4.35. The number of aryl methyl sites for hydroxylation is 1. The summed E-state index contributed by atoms with van der Waals surface area (Å²) in [7, 11) is 0. The van der Waals surface area contributed by atoms with Crippen LogP contribution in [0.15, 0.2) is 30.7 Å². The Morgan fingerprint density at radius 1 is 1.45 bits per heavy atom. The van der Waals surface area contributed by atoms with Gasteiger partial charge in [-0.05, 0) is 30.7 Å². The third-order valence-electron chi connectivity index (χ3n) is 2.67. The highest BCUT2D eigenvalue weighted by molar-refractivity contribution is 5.94. The number of amides is 1. The lowest BCUT2D eigenvalue weighted by atomic mass is 10.1. The topological polar surface area (TPSA) is 83.8 Å². The standard InChI is InChI=1S/C15H16N4O/c1-11-5-12(3-2-4-16)7-13(6-11)15(20)18-9-14-8-17-10-19-14/h5-8,10H,4,9,16H2,1H3,(H,17,19)(H,18,20). The summed E-state index contributed by atoms with van der Waals surface area (Å²) in [5.41, 5.74) is 8.58. The Labute approximate surface area is 117 Å². The third kappa shape index (κ3) is 3.70. The monoisotopic (exact) mass is 268 g/mol. The number of nitrogens with one attached hydrogen (secondary N) is 2. The molecule has 1 heterocycles. The Kier molecular flexibility index (Phi) is 4.53. The van der Waals surface area contributed by atoms with Gasteiger partial charge in [-0.3, -0.25) is 4.79 Å². The van der Waals surface area contributed by atoms with Gasteiger partial charge in [0.1, 0.15) is 0 Å². The van der Waals surface area contributed by atoms with Crippen LogP contribution in [0.1, 0.15) is 27.2 Å². The van der Waals surface area contributed by atoms with E-state index in [1.807, 2.05) is 19.1 Å². The van der Waals surface area contributed by atoms with Crippen molar-refractivity contribution < 1.29 is 4.79 Å². The molecule has 0 aliphatic rings. The van der Waals surface area contributed by atoms with Crippen molar-refractivity contribution in [2.24, 2.45) is 5.73 Å². The van der Waals surface area contributed by atoms with Gasteiger partial charge in [-0.2, -0.15) is 0 Å². The fourth-order valence-electron chi connectivity index (χ4n) is 1.80. The SMILES string of the molecule is Cc1cc(C#CCN)cc(C(=O)NCc2cnc[nH]2)c1. The zero-order valence-corrected chi connectivity index (χ0v) is 11.2. The summed E-state index contributed by atoms with van der Waals surface area (Å²) in [6.07, 6.45) is 3.25. The van der Waals surface area contributed by atoms with Gasteiger partial charge in [0, 0.05) is 17.3 Å². The largest absolute Gasteiger partial charge is 0.347 e. The highest BCUT2D eigenvalue weighted by Crippen LogP contribution is 2.09. The van der Waals surface area contributed by atoms with Gasteiger partial charge in [0.2, 0.25) is 0 Å². The number of carbonyl (C=O) groups excluding carboxylic acids is 1. The molecule has 1 aromatic carbocycles. The van der Waals surface area contributed by atoms with Crippen molar-refractivity contribution >= 4 is 5.91 Å². The second kappa shape index (κ2) is 6.55. The van der Waals surface area contributed by atoms with E-state index in [4.69, 9.17) is 5.73 Å². The highest BCUT2D eigenvalue weighted by atomic mass is 16.1. The predicted molar refractivity (Wildman–Crippen MR) is 76.9 cm³/mol. The first-order valence-electron chi connectivity index (χ1n) is 6.25. The number of aromatic nitrogens is 2. The van der Waals surface area contributed by atoms with Crippen LogP contribution in [0.5, 0.6) is 0 Å². The van der Waals surface area contributed by atoms with Crippen LogP contribution in [-0.2, 0) is 6.54 Å². The number of hydrogen-bond donors (Lipinski definition) is 3. The number of aromatic amines is 1. The van der Waals surface area contributed by atoms with Gasteiger partial charge in [-0.15, -0.1) is 0 Å². The molecular weight excluding hydrogens is 252 g/mol. The third-order valence-corrected chi connectivity index (χ3v) is 2.67. The zero-order chi connectivity index (χ0) is 14.4. The average molecular weight is 268 g/mol. The van der Waals surface area contributed by atoms with Crippen molar-refractivity contribution in [1.29, 1.82) is 0 Å². The number of carbonyl (C=O) groups is 1. The van der Waals surface area contributed by atoms with Crippen LogP contribution < -0.4 is 11.1 Å². The van der Waals surface area contributed by atoms with Gasteiger partial charge in [0.25, 0.3) is 5.91 Å². The molecule has 0 saturated heterocycles. The molecule has 0 fully saturated rings. The molecular formula is C15H16N4O. The molecule has 5 heteroatoms. The second-order valence-corrected chi connectivity index (χ2v) is 4.35. The molecule has 0 aliphatic carbocycles. The Morgan fingerprint density at radius 3 is 3.00 bits per heavy atom. The lowest BCUT2D eigenvalue weighted by molar-refractivity contribution is 0.0950. The molecule has 0 saturated carbocycles. The van der Waals surface area contributed by atoms with Gasteiger partial charge < -0.3 is 16.0 Å². The molecule has 0 aliphatic heterocycles. The summed E-state index contributed by atoms with van der Waals surface area (Å²) in [5, 5.41) is 2.83. The molecule has 20 heavy (non-hydrogen) atoms. The lowest BCUT2D eigenvalue weighted by Gasteiger charge is -2.05. The maximum absolute atomic E-state index is 12.1.